The number of anilines is 2. The van der Waals surface area contributed by atoms with Crippen molar-refractivity contribution in [1.82, 2.24) is 4.98 Å². The Labute approximate surface area is 120 Å². The smallest absolute Gasteiger partial charge is 0.0510 e. The van der Waals surface area contributed by atoms with Gasteiger partial charge in [0.05, 0.1) is 5.88 Å². The second kappa shape index (κ2) is 6.07. The Kier molecular flexibility index (Phi) is 4.43. The summed E-state index contributed by atoms with van der Waals surface area (Å²) in [5.41, 5.74) is 5.68. The van der Waals surface area contributed by atoms with Crippen LogP contribution >= 0.6 is 11.6 Å². The van der Waals surface area contributed by atoms with Gasteiger partial charge in [-0.05, 0) is 37.1 Å². The molecule has 100 valence electrons. The topological polar surface area (TPSA) is 16.1 Å². The van der Waals surface area contributed by atoms with Crippen molar-refractivity contribution in [3.05, 3.63) is 53.3 Å². The summed E-state index contributed by atoms with van der Waals surface area (Å²) in [5.74, 6) is 0.472. The number of hydrogen-bond donors (Lipinski definition) is 0. The Balaban J connectivity index is 2.36. The molecule has 0 N–H and O–H groups in total. The van der Waals surface area contributed by atoms with E-state index >= 15 is 0 Å². The van der Waals surface area contributed by atoms with Crippen LogP contribution in [0, 0.1) is 6.92 Å². The zero-order valence-electron chi connectivity index (χ0n) is 11.7. The lowest BCUT2D eigenvalue weighted by molar-refractivity contribution is 1.10. The predicted molar refractivity (Wildman–Crippen MR) is 82.4 cm³/mol. The Morgan fingerprint density at radius 3 is 2.47 bits per heavy atom. The summed E-state index contributed by atoms with van der Waals surface area (Å²) in [7, 11) is 2.06. The molecule has 0 saturated heterocycles. The summed E-state index contributed by atoms with van der Waals surface area (Å²) < 4.78 is 0. The molecule has 0 unspecified atom stereocenters. The summed E-state index contributed by atoms with van der Waals surface area (Å²) in [6.45, 7) is 4.16. The molecule has 0 saturated carbocycles. The molecule has 0 aliphatic carbocycles. The fourth-order valence-corrected chi connectivity index (χ4v) is 2.29. The minimum absolute atomic E-state index is 0.472. The molecule has 2 nitrogen and oxygen atoms in total. The lowest BCUT2D eigenvalue weighted by Crippen LogP contribution is -2.12. The van der Waals surface area contributed by atoms with Gasteiger partial charge in [-0.1, -0.05) is 19.1 Å². The van der Waals surface area contributed by atoms with E-state index in [-0.39, 0.29) is 0 Å². The lowest BCUT2D eigenvalue weighted by Gasteiger charge is -2.22. The van der Waals surface area contributed by atoms with Crippen LogP contribution in [0.15, 0.2) is 36.5 Å². The van der Waals surface area contributed by atoms with Gasteiger partial charge in [0, 0.05) is 35.9 Å². The standard InChI is InChI=1S/C16H19ClN2/c1-4-13-5-7-15(8-6-13)19(3)16-9-12(2)18-11-14(16)10-17/h5-9,11H,4,10H2,1-3H3. The molecule has 0 spiro atoms. The van der Waals surface area contributed by atoms with E-state index in [0.717, 1.165) is 29.1 Å². The number of pyridine rings is 1. The van der Waals surface area contributed by atoms with Crippen LogP contribution in [0.25, 0.3) is 0 Å². The SMILES string of the molecule is CCc1ccc(N(C)c2cc(C)ncc2CCl)cc1. The second-order valence-corrected chi connectivity index (χ2v) is 4.93. The van der Waals surface area contributed by atoms with Crippen molar-refractivity contribution in [2.75, 3.05) is 11.9 Å². The van der Waals surface area contributed by atoms with Crippen LogP contribution in [0.2, 0.25) is 0 Å². The number of hydrogen-bond acceptors (Lipinski definition) is 2. The van der Waals surface area contributed by atoms with Crippen LogP contribution in [-0.4, -0.2) is 12.0 Å². The molecule has 0 atom stereocenters. The first kappa shape index (κ1) is 13.9. The largest absolute Gasteiger partial charge is 0.344 e. The van der Waals surface area contributed by atoms with Crippen molar-refractivity contribution in [2.45, 2.75) is 26.1 Å². The summed E-state index contributed by atoms with van der Waals surface area (Å²) >= 11 is 6.00. The first-order chi connectivity index (χ1) is 9.15. The first-order valence-corrected chi connectivity index (χ1v) is 7.03. The normalized spacial score (nSPS) is 10.5. The molecule has 0 aliphatic heterocycles. The van der Waals surface area contributed by atoms with Crippen molar-refractivity contribution in [3.63, 3.8) is 0 Å². The van der Waals surface area contributed by atoms with Gasteiger partial charge >= 0.3 is 0 Å². The van der Waals surface area contributed by atoms with Crippen molar-refractivity contribution in [3.8, 4) is 0 Å². The van der Waals surface area contributed by atoms with Crippen LogP contribution in [0.5, 0.6) is 0 Å². The number of halogens is 1. The minimum Gasteiger partial charge on any atom is -0.344 e. The third kappa shape index (κ3) is 3.07. The maximum absolute atomic E-state index is 6.00. The van der Waals surface area contributed by atoms with Crippen molar-refractivity contribution >= 4 is 23.0 Å². The van der Waals surface area contributed by atoms with Gasteiger partial charge in [0.15, 0.2) is 0 Å². The van der Waals surface area contributed by atoms with Gasteiger partial charge < -0.3 is 4.90 Å². The number of aryl methyl sites for hydroxylation is 2. The van der Waals surface area contributed by atoms with Gasteiger partial charge in [0.2, 0.25) is 0 Å². The van der Waals surface area contributed by atoms with Crippen molar-refractivity contribution in [1.29, 1.82) is 0 Å². The molecule has 0 aliphatic rings. The molecular formula is C16H19ClN2. The molecular weight excluding hydrogens is 256 g/mol. The fourth-order valence-electron chi connectivity index (χ4n) is 2.08. The van der Waals surface area contributed by atoms with Gasteiger partial charge in [0.25, 0.3) is 0 Å². The first-order valence-electron chi connectivity index (χ1n) is 6.50. The van der Waals surface area contributed by atoms with Crippen LogP contribution in [0.1, 0.15) is 23.7 Å². The highest BCUT2D eigenvalue weighted by Gasteiger charge is 2.09. The second-order valence-electron chi connectivity index (χ2n) is 4.67. The lowest BCUT2D eigenvalue weighted by atomic mass is 10.1. The summed E-state index contributed by atoms with van der Waals surface area (Å²) in [5, 5.41) is 0. The number of nitrogens with zero attached hydrogens (tertiary/aromatic N) is 2. The highest BCUT2D eigenvalue weighted by atomic mass is 35.5. The van der Waals surface area contributed by atoms with Gasteiger partial charge in [-0.25, -0.2) is 0 Å². The molecule has 3 heteroatoms. The van der Waals surface area contributed by atoms with Crippen molar-refractivity contribution in [2.24, 2.45) is 0 Å². The zero-order chi connectivity index (χ0) is 13.8. The van der Waals surface area contributed by atoms with Gasteiger partial charge in [-0.3, -0.25) is 4.98 Å². The van der Waals surface area contributed by atoms with Crippen molar-refractivity contribution < 1.29 is 0 Å². The highest BCUT2D eigenvalue weighted by Crippen LogP contribution is 2.28. The molecule has 1 aromatic carbocycles. The summed E-state index contributed by atoms with van der Waals surface area (Å²) in [4.78, 5) is 6.46. The Morgan fingerprint density at radius 2 is 1.89 bits per heavy atom. The number of aromatic nitrogens is 1. The Hall–Kier alpha value is -1.54. The average Bonchev–Trinajstić information content (AvgIpc) is 2.46. The van der Waals surface area contributed by atoms with Crippen LogP contribution in [0.4, 0.5) is 11.4 Å². The van der Waals surface area contributed by atoms with Crippen LogP contribution < -0.4 is 4.90 Å². The van der Waals surface area contributed by atoms with Gasteiger partial charge in [-0.15, -0.1) is 11.6 Å². The third-order valence-electron chi connectivity index (χ3n) is 3.34. The van der Waals surface area contributed by atoms with E-state index in [9.17, 15) is 0 Å². The van der Waals surface area contributed by atoms with E-state index in [4.69, 9.17) is 11.6 Å². The van der Waals surface area contributed by atoms with E-state index in [0.29, 0.717) is 5.88 Å². The molecule has 0 radical (unpaired) electrons. The number of benzene rings is 1. The molecule has 0 fully saturated rings. The number of alkyl halides is 1. The fraction of sp³-hybridized carbons (Fsp3) is 0.312. The molecule has 0 bridgehead atoms. The van der Waals surface area contributed by atoms with Gasteiger partial charge in [0.1, 0.15) is 0 Å². The average molecular weight is 275 g/mol. The minimum atomic E-state index is 0.472. The molecule has 2 aromatic rings. The Bertz CT molecular complexity index is 549. The quantitative estimate of drug-likeness (QED) is 0.765. The highest BCUT2D eigenvalue weighted by molar-refractivity contribution is 6.17. The van der Waals surface area contributed by atoms with Crippen LogP contribution in [0.3, 0.4) is 0 Å². The van der Waals surface area contributed by atoms with E-state index in [1.54, 1.807) is 0 Å². The maximum atomic E-state index is 6.00. The third-order valence-corrected chi connectivity index (χ3v) is 3.62. The molecule has 1 aromatic heterocycles. The monoisotopic (exact) mass is 274 g/mol. The van der Waals surface area contributed by atoms with Gasteiger partial charge in [-0.2, -0.15) is 0 Å². The maximum Gasteiger partial charge on any atom is 0.0510 e. The summed E-state index contributed by atoms with van der Waals surface area (Å²) in [6, 6.07) is 10.7. The molecule has 0 amide bonds. The van der Waals surface area contributed by atoms with E-state index < -0.39 is 0 Å². The number of rotatable bonds is 4. The van der Waals surface area contributed by atoms with Crippen LogP contribution in [-0.2, 0) is 12.3 Å². The Morgan fingerprint density at radius 1 is 1.21 bits per heavy atom. The predicted octanol–water partition coefficient (Wildman–Crippen LogP) is 4.46. The zero-order valence-corrected chi connectivity index (χ0v) is 12.4. The molecule has 2 rings (SSSR count). The van der Waals surface area contributed by atoms with E-state index in [1.807, 2.05) is 13.1 Å². The van der Waals surface area contributed by atoms with E-state index in [1.165, 1.54) is 5.56 Å². The molecule has 19 heavy (non-hydrogen) atoms. The molecule has 1 heterocycles. The summed E-state index contributed by atoms with van der Waals surface area (Å²) in [6.07, 6.45) is 2.92. The van der Waals surface area contributed by atoms with E-state index in [2.05, 4.69) is 54.2 Å².